The Morgan fingerprint density at radius 2 is 1.90 bits per heavy atom. The highest BCUT2D eigenvalue weighted by Gasteiger charge is 2.09. The zero-order valence-corrected chi connectivity index (χ0v) is 13.6. The molecule has 0 saturated heterocycles. The zero-order chi connectivity index (χ0) is 14.6. The van der Waals surface area contributed by atoms with Crippen molar-refractivity contribution in [1.29, 1.82) is 0 Å². The van der Waals surface area contributed by atoms with E-state index in [-0.39, 0.29) is 0 Å². The van der Waals surface area contributed by atoms with Crippen LogP contribution >= 0.6 is 0 Å². The zero-order valence-electron chi connectivity index (χ0n) is 13.6. The molecule has 1 unspecified atom stereocenters. The molecule has 1 N–H and O–H groups in total. The first kappa shape index (κ1) is 17.2. The molecule has 1 heterocycles. The van der Waals surface area contributed by atoms with Crippen LogP contribution < -0.4 is 5.32 Å². The summed E-state index contributed by atoms with van der Waals surface area (Å²) in [4.78, 5) is 4.60. The predicted molar refractivity (Wildman–Crippen MR) is 88.2 cm³/mol. The smallest absolute Gasteiger partial charge is 0.0419 e. The summed E-state index contributed by atoms with van der Waals surface area (Å²) >= 11 is 0. The van der Waals surface area contributed by atoms with Crippen LogP contribution in [0.4, 0.5) is 0 Å². The molecule has 1 aromatic heterocycles. The van der Waals surface area contributed by atoms with Gasteiger partial charge in [0.2, 0.25) is 0 Å². The van der Waals surface area contributed by atoms with Gasteiger partial charge in [-0.15, -0.1) is 0 Å². The lowest BCUT2D eigenvalue weighted by Gasteiger charge is -2.18. The molecule has 2 heteroatoms. The van der Waals surface area contributed by atoms with Crippen LogP contribution in [-0.4, -0.2) is 17.6 Å². The van der Waals surface area contributed by atoms with Crippen molar-refractivity contribution in [3.05, 3.63) is 29.6 Å². The minimum atomic E-state index is 0.590. The number of aryl methyl sites for hydroxylation is 1. The van der Waals surface area contributed by atoms with Gasteiger partial charge in [-0.05, 0) is 37.4 Å². The summed E-state index contributed by atoms with van der Waals surface area (Å²) in [5, 5.41) is 3.68. The Morgan fingerprint density at radius 1 is 1.05 bits per heavy atom. The number of aromatic nitrogens is 1. The van der Waals surface area contributed by atoms with Gasteiger partial charge in [0.05, 0.1) is 0 Å². The fourth-order valence-electron chi connectivity index (χ4n) is 2.48. The molecule has 1 aromatic rings. The van der Waals surface area contributed by atoms with Crippen LogP contribution in [0.5, 0.6) is 0 Å². The third kappa shape index (κ3) is 7.04. The van der Waals surface area contributed by atoms with Crippen LogP contribution in [0.3, 0.4) is 0 Å². The molecular formula is C18H32N2. The third-order valence-electron chi connectivity index (χ3n) is 3.84. The van der Waals surface area contributed by atoms with Gasteiger partial charge in [0.15, 0.2) is 0 Å². The summed E-state index contributed by atoms with van der Waals surface area (Å²) in [6.45, 7) is 7.79. The fourth-order valence-corrected chi connectivity index (χ4v) is 2.48. The van der Waals surface area contributed by atoms with E-state index in [1.54, 1.807) is 0 Å². The molecular weight excluding hydrogens is 244 g/mol. The standard InChI is InChI=1S/C18H32N2/c1-4-7-8-9-10-17(19-13-5-2)14-18-12-11-16(6-3)15-20-18/h11-12,15,17,19H,4-10,13-14H2,1-3H3. The minimum absolute atomic E-state index is 0.590. The maximum Gasteiger partial charge on any atom is 0.0419 e. The summed E-state index contributed by atoms with van der Waals surface area (Å²) in [5.41, 5.74) is 2.56. The number of hydrogen-bond acceptors (Lipinski definition) is 2. The molecule has 0 fully saturated rings. The van der Waals surface area contributed by atoms with E-state index < -0.39 is 0 Å². The van der Waals surface area contributed by atoms with E-state index in [1.165, 1.54) is 49.8 Å². The summed E-state index contributed by atoms with van der Waals surface area (Å²) in [5.74, 6) is 0. The highest BCUT2D eigenvalue weighted by Crippen LogP contribution is 2.10. The van der Waals surface area contributed by atoms with Crippen molar-refractivity contribution in [2.45, 2.75) is 78.2 Å². The van der Waals surface area contributed by atoms with Gasteiger partial charge in [0, 0.05) is 24.4 Å². The molecule has 1 rings (SSSR count). The van der Waals surface area contributed by atoms with Crippen molar-refractivity contribution >= 4 is 0 Å². The lowest BCUT2D eigenvalue weighted by molar-refractivity contribution is 0.450. The molecule has 0 spiro atoms. The summed E-state index contributed by atoms with van der Waals surface area (Å²) in [6, 6.07) is 5.01. The second kappa shape index (κ2) is 10.8. The molecule has 0 radical (unpaired) electrons. The van der Waals surface area contributed by atoms with Gasteiger partial charge >= 0.3 is 0 Å². The van der Waals surface area contributed by atoms with Gasteiger partial charge in [-0.3, -0.25) is 4.98 Å². The van der Waals surface area contributed by atoms with Crippen molar-refractivity contribution in [2.75, 3.05) is 6.54 Å². The van der Waals surface area contributed by atoms with Crippen molar-refractivity contribution in [1.82, 2.24) is 10.3 Å². The Kier molecular flexibility index (Phi) is 9.31. The van der Waals surface area contributed by atoms with E-state index in [1.807, 2.05) is 6.20 Å². The molecule has 0 aromatic carbocycles. The van der Waals surface area contributed by atoms with E-state index in [0.29, 0.717) is 6.04 Å². The lowest BCUT2D eigenvalue weighted by Crippen LogP contribution is -2.32. The molecule has 114 valence electrons. The summed E-state index contributed by atoms with van der Waals surface area (Å²) < 4.78 is 0. The van der Waals surface area contributed by atoms with Crippen LogP contribution in [0, 0.1) is 0 Å². The van der Waals surface area contributed by atoms with Gasteiger partial charge in [-0.25, -0.2) is 0 Å². The molecule has 0 amide bonds. The Hall–Kier alpha value is -0.890. The second-order valence-electron chi connectivity index (χ2n) is 5.72. The Morgan fingerprint density at radius 3 is 2.50 bits per heavy atom. The molecule has 0 aliphatic rings. The highest BCUT2D eigenvalue weighted by molar-refractivity contribution is 5.14. The topological polar surface area (TPSA) is 24.9 Å². The van der Waals surface area contributed by atoms with Crippen LogP contribution in [0.25, 0.3) is 0 Å². The van der Waals surface area contributed by atoms with Crippen molar-refractivity contribution in [3.63, 3.8) is 0 Å². The monoisotopic (exact) mass is 276 g/mol. The van der Waals surface area contributed by atoms with Gasteiger partial charge < -0.3 is 5.32 Å². The Bertz CT molecular complexity index is 332. The highest BCUT2D eigenvalue weighted by atomic mass is 14.9. The van der Waals surface area contributed by atoms with Gasteiger partial charge in [0.25, 0.3) is 0 Å². The van der Waals surface area contributed by atoms with Crippen molar-refractivity contribution < 1.29 is 0 Å². The largest absolute Gasteiger partial charge is 0.314 e. The second-order valence-corrected chi connectivity index (χ2v) is 5.72. The summed E-state index contributed by atoms with van der Waals surface area (Å²) in [7, 11) is 0. The van der Waals surface area contributed by atoms with Gasteiger partial charge in [-0.2, -0.15) is 0 Å². The molecule has 0 aliphatic heterocycles. The molecule has 0 bridgehead atoms. The molecule has 1 atom stereocenters. The Balaban J connectivity index is 2.44. The molecule has 0 saturated carbocycles. The van der Waals surface area contributed by atoms with Gasteiger partial charge in [0.1, 0.15) is 0 Å². The van der Waals surface area contributed by atoms with Crippen LogP contribution in [0.2, 0.25) is 0 Å². The first-order valence-corrected chi connectivity index (χ1v) is 8.47. The average molecular weight is 276 g/mol. The van der Waals surface area contributed by atoms with Gasteiger partial charge in [-0.1, -0.05) is 52.5 Å². The Labute approximate surface area is 125 Å². The van der Waals surface area contributed by atoms with E-state index in [2.05, 4.69) is 43.2 Å². The number of hydrogen-bond donors (Lipinski definition) is 1. The first-order valence-electron chi connectivity index (χ1n) is 8.47. The van der Waals surface area contributed by atoms with E-state index in [9.17, 15) is 0 Å². The fraction of sp³-hybridized carbons (Fsp3) is 0.722. The van der Waals surface area contributed by atoms with Crippen molar-refractivity contribution in [2.24, 2.45) is 0 Å². The van der Waals surface area contributed by atoms with E-state index in [0.717, 1.165) is 19.4 Å². The predicted octanol–water partition coefficient (Wildman–Crippen LogP) is 4.53. The van der Waals surface area contributed by atoms with E-state index in [4.69, 9.17) is 0 Å². The number of unbranched alkanes of at least 4 members (excludes halogenated alkanes) is 3. The molecule has 2 nitrogen and oxygen atoms in total. The summed E-state index contributed by atoms with van der Waals surface area (Å²) in [6.07, 6.45) is 12.0. The SMILES string of the molecule is CCCCCCC(Cc1ccc(CC)cn1)NCCC. The number of nitrogens with one attached hydrogen (secondary N) is 1. The maximum absolute atomic E-state index is 4.60. The van der Waals surface area contributed by atoms with E-state index >= 15 is 0 Å². The normalized spacial score (nSPS) is 12.6. The first-order chi connectivity index (χ1) is 9.80. The number of rotatable bonds is 11. The third-order valence-corrected chi connectivity index (χ3v) is 3.84. The quantitative estimate of drug-likeness (QED) is 0.601. The maximum atomic E-state index is 4.60. The molecule has 20 heavy (non-hydrogen) atoms. The van der Waals surface area contributed by atoms with Crippen LogP contribution in [0.1, 0.15) is 70.6 Å². The van der Waals surface area contributed by atoms with Crippen LogP contribution in [-0.2, 0) is 12.8 Å². The molecule has 0 aliphatic carbocycles. The lowest BCUT2D eigenvalue weighted by atomic mass is 10.0. The minimum Gasteiger partial charge on any atom is -0.314 e. The number of pyridine rings is 1. The van der Waals surface area contributed by atoms with Crippen LogP contribution in [0.15, 0.2) is 18.3 Å². The average Bonchev–Trinajstić information content (AvgIpc) is 2.49. The number of nitrogens with zero attached hydrogens (tertiary/aromatic N) is 1. The van der Waals surface area contributed by atoms with Crippen molar-refractivity contribution in [3.8, 4) is 0 Å².